The van der Waals surface area contributed by atoms with E-state index >= 15 is 0 Å². The molecule has 5 aromatic rings. The summed E-state index contributed by atoms with van der Waals surface area (Å²) in [5.74, 6) is -0.00278. The van der Waals surface area contributed by atoms with Crippen LogP contribution in [0.4, 0.5) is 4.79 Å². The Kier molecular flexibility index (Phi) is 12.5. The Hall–Kier alpha value is -4.83. The summed E-state index contributed by atoms with van der Waals surface area (Å²) in [5.41, 5.74) is 7.70. The van der Waals surface area contributed by atoms with Crippen LogP contribution < -0.4 is 10.6 Å². The number of rotatable bonds is 13. The number of amides is 2. The van der Waals surface area contributed by atoms with Gasteiger partial charge in [0.05, 0.1) is 24.9 Å². The first kappa shape index (κ1) is 36.9. The second kappa shape index (κ2) is 17.6. The van der Waals surface area contributed by atoms with Crippen molar-refractivity contribution in [1.82, 2.24) is 15.5 Å². The van der Waals surface area contributed by atoms with Crippen molar-refractivity contribution in [3.05, 3.63) is 167 Å². The second-order valence-corrected chi connectivity index (χ2v) is 13.7. The van der Waals surface area contributed by atoms with Gasteiger partial charge in [0.15, 0.2) is 6.29 Å². The van der Waals surface area contributed by atoms with E-state index in [0.717, 1.165) is 44.5 Å². The molecule has 52 heavy (non-hydrogen) atoms. The first-order valence-electron chi connectivity index (χ1n) is 18.0. The lowest BCUT2D eigenvalue weighted by Gasteiger charge is -2.43. The van der Waals surface area contributed by atoms with Gasteiger partial charge >= 0.3 is 6.03 Å². The monoisotopic (exact) mass is 699 g/mol. The number of hydrogen-bond acceptors (Lipinski definition) is 6. The lowest BCUT2D eigenvalue weighted by Crippen LogP contribution is -2.46. The number of carbonyl (C=O) groups excluding carboxylic acids is 1. The van der Waals surface area contributed by atoms with Gasteiger partial charge in [0.2, 0.25) is 0 Å². The molecule has 0 aromatic heterocycles. The molecule has 1 aliphatic heterocycles. The summed E-state index contributed by atoms with van der Waals surface area (Å²) in [5, 5.41) is 26.7. The van der Waals surface area contributed by atoms with Gasteiger partial charge in [0.25, 0.3) is 0 Å². The van der Waals surface area contributed by atoms with E-state index in [2.05, 4.69) is 46.7 Å². The molecule has 0 bridgehead atoms. The molecule has 0 radical (unpaired) electrons. The fourth-order valence-electron chi connectivity index (χ4n) is 6.70. The Balaban J connectivity index is 1.18. The number of ether oxygens (including phenoxy) is 2. The van der Waals surface area contributed by atoms with Crippen molar-refractivity contribution in [2.75, 3.05) is 13.6 Å². The zero-order valence-corrected chi connectivity index (χ0v) is 30.1. The quantitative estimate of drug-likeness (QED) is 0.101. The number of benzene rings is 5. The summed E-state index contributed by atoms with van der Waals surface area (Å²) >= 11 is 0. The Labute approximate surface area is 307 Å². The molecule has 5 aromatic carbocycles. The molecule has 2 amide bonds. The Morgan fingerprint density at radius 3 is 2.04 bits per heavy atom. The predicted molar refractivity (Wildman–Crippen MR) is 204 cm³/mol. The fourth-order valence-corrected chi connectivity index (χ4v) is 6.70. The number of likely N-dealkylation sites (N-methyl/N-ethyl adjacent to an activating group) is 1. The standard InChI is InChI=1S/C44H49N3O5/c1-30-40(28-47(3)31(2)41(49)35-15-8-5-9-16-35)51-43(52-42(30)36-22-20-33(29-48)21-23-36)39-19-11-18-38(25-39)37-17-10-14-34(24-37)27-46-44(50)45-26-32-12-6-4-7-13-32/h4-25,30-31,40-43,48-49H,26-29H2,1-3H3,(H2,45,46,50)/t30-,31+,40+,41+,42+,43+/m1/s1. The topological polar surface area (TPSA) is 103 Å². The van der Waals surface area contributed by atoms with Crippen LogP contribution in [0, 0.1) is 5.92 Å². The zero-order chi connectivity index (χ0) is 36.5. The van der Waals surface area contributed by atoms with Crippen molar-refractivity contribution in [3.63, 3.8) is 0 Å². The molecule has 270 valence electrons. The molecule has 6 rings (SSSR count). The molecule has 0 aliphatic carbocycles. The molecular formula is C44H49N3O5. The van der Waals surface area contributed by atoms with Crippen molar-refractivity contribution in [2.24, 2.45) is 5.92 Å². The first-order chi connectivity index (χ1) is 25.3. The van der Waals surface area contributed by atoms with Crippen molar-refractivity contribution in [2.45, 2.75) is 64.2 Å². The molecule has 8 nitrogen and oxygen atoms in total. The van der Waals surface area contributed by atoms with Crippen LogP contribution in [0.2, 0.25) is 0 Å². The number of aliphatic hydroxyl groups is 2. The maximum atomic E-state index is 12.5. The van der Waals surface area contributed by atoms with Gasteiger partial charge in [-0.05, 0) is 65.0 Å². The highest BCUT2D eigenvalue weighted by Gasteiger charge is 2.39. The van der Waals surface area contributed by atoms with E-state index in [4.69, 9.17) is 9.47 Å². The minimum Gasteiger partial charge on any atom is -0.392 e. The van der Waals surface area contributed by atoms with Crippen LogP contribution in [0.15, 0.2) is 133 Å². The van der Waals surface area contributed by atoms with Crippen molar-refractivity contribution < 1.29 is 24.5 Å². The number of carbonyl (C=O) groups is 1. The Bertz CT molecular complexity index is 1870. The average Bonchev–Trinajstić information content (AvgIpc) is 3.20. The molecular weight excluding hydrogens is 651 g/mol. The van der Waals surface area contributed by atoms with Gasteiger partial charge in [0.1, 0.15) is 0 Å². The lowest BCUT2D eigenvalue weighted by molar-refractivity contribution is -0.276. The maximum Gasteiger partial charge on any atom is 0.315 e. The van der Waals surface area contributed by atoms with Gasteiger partial charge in [-0.25, -0.2) is 4.79 Å². The van der Waals surface area contributed by atoms with Gasteiger partial charge in [-0.15, -0.1) is 0 Å². The number of urea groups is 1. The van der Waals surface area contributed by atoms with Crippen LogP contribution in [0.5, 0.6) is 0 Å². The summed E-state index contributed by atoms with van der Waals surface area (Å²) in [6, 6.07) is 43.5. The van der Waals surface area contributed by atoms with Gasteiger partial charge in [-0.3, -0.25) is 4.90 Å². The van der Waals surface area contributed by atoms with Crippen molar-refractivity contribution in [1.29, 1.82) is 0 Å². The smallest absolute Gasteiger partial charge is 0.315 e. The van der Waals surface area contributed by atoms with E-state index in [-0.39, 0.29) is 36.8 Å². The van der Waals surface area contributed by atoms with Crippen LogP contribution in [0.25, 0.3) is 11.1 Å². The van der Waals surface area contributed by atoms with Crippen LogP contribution in [-0.2, 0) is 29.2 Å². The largest absolute Gasteiger partial charge is 0.392 e. The second-order valence-electron chi connectivity index (χ2n) is 13.7. The minimum atomic E-state index is -0.648. The lowest BCUT2D eigenvalue weighted by atomic mass is 9.89. The third kappa shape index (κ3) is 9.33. The zero-order valence-electron chi connectivity index (χ0n) is 30.1. The highest BCUT2D eigenvalue weighted by Crippen LogP contribution is 2.42. The summed E-state index contributed by atoms with van der Waals surface area (Å²) < 4.78 is 13.5. The number of aliphatic hydroxyl groups excluding tert-OH is 2. The van der Waals surface area contributed by atoms with E-state index in [1.165, 1.54) is 0 Å². The fraction of sp³-hybridized carbons (Fsp3) is 0.295. The molecule has 1 saturated heterocycles. The normalized spacial score (nSPS) is 19.9. The Morgan fingerprint density at radius 1 is 0.731 bits per heavy atom. The van der Waals surface area contributed by atoms with Crippen LogP contribution in [-0.4, -0.2) is 46.9 Å². The molecule has 1 fully saturated rings. The van der Waals surface area contributed by atoms with Gasteiger partial charge < -0.3 is 30.3 Å². The van der Waals surface area contributed by atoms with Gasteiger partial charge in [-0.2, -0.15) is 0 Å². The van der Waals surface area contributed by atoms with Gasteiger partial charge in [-0.1, -0.05) is 128 Å². The highest BCUT2D eigenvalue weighted by atomic mass is 16.7. The molecule has 0 saturated carbocycles. The van der Waals surface area contributed by atoms with E-state index in [9.17, 15) is 15.0 Å². The van der Waals surface area contributed by atoms with E-state index < -0.39 is 12.4 Å². The van der Waals surface area contributed by atoms with Crippen molar-refractivity contribution in [3.8, 4) is 11.1 Å². The minimum absolute atomic E-state index is 0.00278. The molecule has 0 spiro atoms. The molecule has 1 heterocycles. The molecule has 4 N–H and O–H groups in total. The number of hydrogen-bond donors (Lipinski definition) is 4. The summed E-state index contributed by atoms with van der Waals surface area (Å²) in [6.45, 7) is 5.61. The molecule has 1 aliphatic rings. The molecule has 0 unspecified atom stereocenters. The summed E-state index contributed by atoms with van der Waals surface area (Å²) in [7, 11) is 2.03. The summed E-state index contributed by atoms with van der Waals surface area (Å²) in [6.07, 6.45) is -1.75. The van der Waals surface area contributed by atoms with Crippen molar-refractivity contribution >= 4 is 6.03 Å². The third-order valence-electron chi connectivity index (χ3n) is 10.1. The summed E-state index contributed by atoms with van der Waals surface area (Å²) in [4.78, 5) is 14.7. The SMILES string of the molecule is C[C@@H]1[C@H](CN(C)[C@@H](C)[C@H](O)c2ccccc2)O[C@H](c2cccc(-c3cccc(CNC(=O)NCc4ccccc4)c3)c2)O[C@@H]1c1ccc(CO)cc1. The number of nitrogens with zero attached hydrogens (tertiary/aromatic N) is 1. The van der Waals surface area contributed by atoms with Crippen LogP contribution in [0.3, 0.4) is 0 Å². The molecule has 6 atom stereocenters. The maximum absolute atomic E-state index is 12.5. The number of nitrogens with one attached hydrogen (secondary N) is 2. The Morgan fingerprint density at radius 2 is 1.35 bits per heavy atom. The average molecular weight is 700 g/mol. The first-order valence-corrected chi connectivity index (χ1v) is 18.0. The molecule has 8 heteroatoms. The van der Waals surface area contributed by atoms with E-state index in [1.807, 2.05) is 123 Å². The van der Waals surface area contributed by atoms with E-state index in [1.54, 1.807) is 0 Å². The van der Waals surface area contributed by atoms with Crippen LogP contribution in [0.1, 0.15) is 65.7 Å². The highest BCUT2D eigenvalue weighted by molar-refractivity contribution is 5.74. The predicted octanol–water partition coefficient (Wildman–Crippen LogP) is 7.69. The van der Waals surface area contributed by atoms with Crippen LogP contribution >= 0.6 is 0 Å². The van der Waals surface area contributed by atoms with Gasteiger partial charge in [0, 0.05) is 37.2 Å². The van der Waals surface area contributed by atoms with E-state index in [0.29, 0.717) is 19.6 Å². The third-order valence-corrected chi connectivity index (χ3v) is 10.1.